The fourth-order valence-electron chi connectivity index (χ4n) is 1.69. The molecule has 0 saturated heterocycles. The molecule has 0 radical (unpaired) electrons. The Hall–Kier alpha value is -1.13. The van der Waals surface area contributed by atoms with Crippen LogP contribution in [0.15, 0.2) is 45.6 Å². The molecule has 4 heteroatoms. The third kappa shape index (κ3) is 2.96. The highest BCUT2D eigenvalue weighted by Gasteiger charge is 2.19. The molecule has 0 aromatic carbocycles. The molecule has 0 saturated carbocycles. The van der Waals surface area contributed by atoms with Crippen molar-refractivity contribution >= 4 is 15.9 Å². The summed E-state index contributed by atoms with van der Waals surface area (Å²) in [7, 11) is 0. The SMILES string of the molecule is CCCNC(c1ccco1)c1ncccc1Br. The first-order chi connectivity index (χ1) is 8.33. The Labute approximate surface area is 109 Å². The second-order valence-corrected chi connectivity index (χ2v) is 4.63. The van der Waals surface area contributed by atoms with Gasteiger partial charge in [-0.15, -0.1) is 0 Å². The van der Waals surface area contributed by atoms with Crippen LogP contribution in [0.1, 0.15) is 30.8 Å². The molecule has 1 N–H and O–H groups in total. The lowest BCUT2D eigenvalue weighted by molar-refractivity contribution is 0.441. The van der Waals surface area contributed by atoms with Gasteiger partial charge in [-0.3, -0.25) is 4.98 Å². The van der Waals surface area contributed by atoms with E-state index >= 15 is 0 Å². The number of hydrogen-bond donors (Lipinski definition) is 1. The minimum atomic E-state index is 0.000486. The highest BCUT2D eigenvalue weighted by molar-refractivity contribution is 9.10. The Morgan fingerprint density at radius 2 is 2.29 bits per heavy atom. The zero-order valence-corrected chi connectivity index (χ0v) is 11.3. The van der Waals surface area contributed by atoms with Crippen molar-refractivity contribution in [1.29, 1.82) is 0 Å². The quantitative estimate of drug-likeness (QED) is 0.917. The number of nitrogens with one attached hydrogen (secondary N) is 1. The summed E-state index contributed by atoms with van der Waals surface area (Å²) in [6.07, 6.45) is 4.55. The molecule has 0 fully saturated rings. The molecule has 2 rings (SSSR count). The smallest absolute Gasteiger partial charge is 0.126 e. The number of aromatic nitrogens is 1. The van der Waals surface area contributed by atoms with E-state index in [0.29, 0.717) is 0 Å². The zero-order chi connectivity index (χ0) is 12.1. The monoisotopic (exact) mass is 294 g/mol. The molecular formula is C13H15BrN2O. The summed E-state index contributed by atoms with van der Waals surface area (Å²) in [5.74, 6) is 0.887. The lowest BCUT2D eigenvalue weighted by atomic mass is 10.1. The lowest BCUT2D eigenvalue weighted by Crippen LogP contribution is -2.24. The maximum Gasteiger partial charge on any atom is 0.126 e. The van der Waals surface area contributed by atoms with Crippen molar-refractivity contribution in [2.24, 2.45) is 0 Å². The molecule has 0 amide bonds. The molecule has 0 aliphatic rings. The van der Waals surface area contributed by atoms with Gasteiger partial charge in [0, 0.05) is 10.7 Å². The Kier molecular flexibility index (Phi) is 4.34. The van der Waals surface area contributed by atoms with E-state index in [0.717, 1.165) is 28.9 Å². The van der Waals surface area contributed by atoms with Crippen LogP contribution < -0.4 is 5.32 Å². The maximum absolute atomic E-state index is 5.48. The van der Waals surface area contributed by atoms with E-state index in [2.05, 4.69) is 33.2 Å². The van der Waals surface area contributed by atoms with Gasteiger partial charge in [-0.2, -0.15) is 0 Å². The molecule has 0 aliphatic heterocycles. The fourth-order valence-corrected chi connectivity index (χ4v) is 2.17. The predicted molar refractivity (Wildman–Crippen MR) is 70.8 cm³/mol. The topological polar surface area (TPSA) is 38.1 Å². The summed E-state index contributed by atoms with van der Waals surface area (Å²) in [5.41, 5.74) is 0.955. The predicted octanol–water partition coefficient (Wildman–Crippen LogP) is 3.53. The summed E-state index contributed by atoms with van der Waals surface area (Å²) in [5, 5.41) is 3.44. The molecule has 0 bridgehead atoms. The minimum Gasteiger partial charge on any atom is -0.467 e. The van der Waals surface area contributed by atoms with Crippen LogP contribution in [-0.4, -0.2) is 11.5 Å². The van der Waals surface area contributed by atoms with Gasteiger partial charge in [0.1, 0.15) is 11.8 Å². The van der Waals surface area contributed by atoms with Crippen molar-refractivity contribution in [3.05, 3.63) is 52.7 Å². The van der Waals surface area contributed by atoms with Crippen molar-refractivity contribution in [1.82, 2.24) is 10.3 Å². The van der Waals surface area contributed by atoms with Gasteiger partial charge in [0.2, 0.25) is 0 Å². The van der Waals surface area contributed by atoms with Gasteiger partial charge in [-0.25, -0.2) is 0 Å². The Morgan fingerprint density at radius 3 is 2.94 bits per heavy atom. The molecule has 90 valence electrons. The first kappa shape index (κ1) is 12.3. The highest BCUT2D eigenvalue weighted by atomic mass is 79.9. The van der Waals surface area contributed by atoms with Crippen LogP contribution >= 0.6 is 15.9 Å². The van der Waals surface area contributed by atoms with Crippen molar-refractivity contribution in [3.8, 4) is 0 Å². The summed E-state index contributed by atoms with van der Waals surface area (Å²) in [6, 6.07) is 7.76. The van der Waals surface area contributed by atoms with Crippen molar-refractivity contribution in [2.75, 3.05) is 6.54 Å². The average molecular weight is 295 g/mol. The van der Waals surface area contributed by atoms with Crippen LogP contribution in [0, 0.1) is 0 Å². The van der Waals surface area contributed by atoms with Crippen LogP contribution in [0.3, 0.4) is 0 Å². The van der Waals surface area contributed by atoms with Crippen LogP contribution in [0.5, 0.6) is 0 Å². The van der Waals surface area contributed by atoms with E-state index < -0.39 is 0 Å². The van der Waals surface area contributed by atoms with Crippen molar-refractivity contribution in [3.63, 3.8) is 0 Å². The zero-order valence-electron chi connectivity index (χ0n) is 9.69. The normalized spacial score (nSPS) is 12.6. The van der Waals surface area contributed by atoms with E-state index in [-0.39, 0.29) is 6.04 Å². The first-order valence-corrected chi connectivity index (χ1v) is 6.49. The number of furan rings is 1. The standard InChI is InChI=1S/C13H15BrN2O/c1-2-7-15-13(11-6-4-9-17-11)12-10(14)5-3-8-16-12/h3-6,8-9,13,15H,2,7H2,1H3. The van der Waals surface area contributed by atoms with Crippen molar-refractivity contribution in [2.45, 2.75) is 19.4 Å². The summed E-state index contributed by atoms with van der Waals surface area (Å²) in [4.78, 5) is 4.42. The second-order valence-electron chi connectivity index (χ2n) is 3.77. The summed E-state index contributed by atoms with van der Waals surface area (Å²) >= 11 is 3.53. The van der Waals surface area contributed by atoms with E-state index in [1.54, 1.807) is 12.5 Å². The van der Waals surface area contributed by atoms with Gasteiger partial charge in [-0.05, 0) is 53.2 Å². The number of halogens is 1. The molecular weight excluding hydrogens is 280 g/mol. The van der Waals surface area contributed by atoms with Gasteiger partial charge in [0.25, 0.3) is 0 Å². The Bertz CT molecular complexity index is 456. The highest BCUT2D eigenvalue weighted by Crippen LogP contribution is 2.26. The Balaban J connectivity index is 2.30. The van der Waals surface area contributed by atoms with Gasteiger partial charge < -0.3 is 9.73 Å². The third-order valence-electron chi connectivity index (χ3n) is 2.49. The van der Waals surface area contributed by atoms with Crippen LogP contribution in [0.2, 0.25) is 0 Å². The first-order valence-electron chi connectivity index (χ1n) is 5.70. The Morgan fingerprint density at radius 1 is 1.41 bits per heavy atom. The molecule has 0 aliphatic carbocycles. The number of nitrogens with zero attached hydrogens (tertiary/aromatic N) is 1. The van der Waals surface area contributed by atoms with Crippen molar-refractivity contribution < 1.29 is 4.42 Å². The van der Waals surface area contributed by atoms with Crippen LogP contribution in [0.25, 0.3) is 0 Å². The summed E-state index contributed by atoms with van der Waals surface area (Å²) in [6.45, 7) is 3.06. The number of rotatable bonds is 5. The molecule has 2 heterocycles. The average Bonchev–Trinajstić information content (AvgIpc) is 2.85. The largest absolute Gasteiger partial charge is 0.467 e. The van der Waals surface area contributed by atoms with Gasteiger partial charge in [0.15, 0.2) is 0 Å². The van der Waals surface area contributed by atoms with Crippen LogP contribution in [-0.2, 0) is 0 Å². The lowest BCUT2D eigenvalue weighted by Gasteiger charge is -2.16. The maximum atomic E-state index is 5.48. The molecule has 1 unspecified atom stereocenters. The third-order valence-corrected chi connectivity index (χ3v) is 3.16. The van der Waals surface area contributed by atoms with E-state index in [4.69, 9.17) is 4.42 Å². The molecule has 1 atom stereocenters. The van der Waals surface area contributed by atoms with Gasteiger partial charge >= 0.3 is 0 Å². The van der Waals surface area contributed by atoms with E-state index in [9.17, 15) is 0 Å². The van der Waals surface area contributed by atoms with Crippen LogP contribution in [0.4, 0.5) is 0 Å². The second kappa shape index (κ2) is 5.98. The molecule has 2 aromatic heterocycles. The van der Waals surface area contributed by atoms with E-state index in [1.165, 1.54) is 0 Å². The molecule has 2 aromatic rings. The number of hydrogen-bond acceptors (Lipinski definition) is 3. The minimum absolute atomic E-state index is 0.000486. The van der Waals surface area contributed by atoms with Gasteiger partial charge in [0.05, 0.1) is 12.0 Å². The summed E-state index contributed by atoms with van der Waals surface area (Å²) < 4.78 is 6.47. The van der Waals surface area contributed by atoms with Gasteiger partial charge in [-0.1, -0.05) is 6.92 Å². The molecule has 0 spiro atoms. The molecule has 3 nitrogen and oxygen atoms in total. The fraction of sp³-hybridized carbons (Fsp3) is 0.308. The van der Waals surface area contributed by atoms with E-state index in [1.807, 2.05) is 24.3 Å². The molecule has 17 heavy (non-hydrogen) atoms. The number of pyridine rings is 1.